The Balaban J connectivity index is 1.18. The molecular formula is C22H23N5O3S. The number of thiophene rings is 1. The molecule has 31 heavy (non-hydrogen) atoms. The fraction of sp³-hybridized carbons (Fsp3) is 0.364. The van der Waals surface area contributed by atoms with Crippen LogP contribution in [-0.2, 0) is 11.3 Å². The third-order valence-electron chi connectivity index (χ3n) is 5.71. The molecule has 160 valence electrons. The van der Waals surface area contributed by atoms with Crippen molar-refractivity contribution in [2.45, 2.75) is 19.4 Å². The van der Waals surface area contributed by atoms with E-state index >= 15 is 0 Å². The van der Waals surface area contributed by atoms with Crippen LogP contribution in [0, 0.1) is 0 Å². The van der Waals surface area contributed by atoms with Crippen LogP contribution in [0.2, 0.25) is 0 Å². The zero-order chi connectivity index (χ0) is 21.2. The van der Waals surface area contributed by atoms with Crippen LogP contribution >= 0.6 is 11.3 Å². The first kappa shape index (κ1) is 19.9. The van der Waals surface area contributed by atoms with E-state index in [-0.39, 0.29) is 11.8 Å². The van der Waals surface area contributed by atoms with E-state index in [0.717, 1.165) is 36.6 Å². The largest absolute Gasteiger partial charge is 0.338 e. The molecule has 0 bridgehead atoms. The summed E-state index contributed by atoms with van der Waals surface area (Å²) in [7, 11) is 0. The third-order valence-corrected chi connectivity index (χ3v) is 6.57. The lowest BCUT2D eigenvalue weighted by atomic mass is 10.1. The summed E-state index contributed by atoms with van der Waals surface area (Å²) in [5.41, 5.74) is 1.44. The van der Waals surface area contributed by atoms with Gasteiger partial charge in [-0.3, -0.25) is 14.5 Å². The normalized spacial score (nSPS) is 17.5. The molecule has 0 N–H and O–H groups in total. The predicted octanol–water partition coefficient (Wildman–Crippen LogP) is 2.88. The molecule has 8 nitrogen and oxygen atoms in total. The number of piperazine rings is 1. The van der Waals surface area contributed by atoms with Gasteiger partial charge < -0.3 is 14.3 Å². The van der Waals surface area contributed by atoms with Crippen LogP contribution in [0.1, 0.15) is 29.1 Å². The number of rotatable bonds is 5. The Morgan fingerprint density at radius 2 is 1.97 bits per heavy atom. The van der Waals surface area contributed by atoms with Crippen molar-refractivity contribution >= 4 is 28.8 Å². The maximum Gasteiger partial charge on any atom is 0.254 e. The van der Waals surface area contributed by atoms with Crippen molar-refractivity contribution in [2.24, 2.45) is 0 Å². The number of carbonyl (C=O) groups is 2. The van der Waals surface area contributed by atoms with Crippen molar-refractivity contribution in [3.63, 3.8) is 0 Å². The maximum absolute atomic E-state index is 13.0. The van der Waals surface area contributed by atoms with Crippen molar-refractivity contribution in [3.05, 3.63) is 53.2 Å². The average Bonchev–Trinajstić information content (AvgIpc) is 3.56. The van der Waals surface area contributed by atoms with E-state index in [1.165, 1.54) is 0 Å². The molecule has 0 spiro atoms. The average molecular weight is 438 g/mol. The summed E-state index contributed by atoms with van der Waals surface area (Å²) < 4.78 is 5.40. The van der Waals surface area contributed by atoms with Crippen molar-refractivity contribution in [1.29, 1.82) is 0 Å². The van der Waals surface area contributed by atoms with E-state index < -0.39 is 0 Å². The first-order valence-electron chi connectivity index (χ1n) is 10.5. The first-order chi connectivity index (χ1) is 15.2. The Hall–Kier alpha value is -3.04. The highest BCUT2D eigenvalue weighted by molar-refractivity contribution is 7.13. The van der Waals surface area contributed by atoms with Gasteiger partial charge in [-0.2, -0.15) is 4.98 Å². The molecule has 0 radical (unpaired) electrons. The lowest BCUT2D eigenvalue weighted by Crippen LogP contribution is -2.48. The van der Waals surface area contributed by atoms with Crippen LogP contribution in [0.3, 0.4) is 0 Å². The van der Waals surface area contributed by atoms with Crippen LogP contribution in [0.4, 0.5) is 5.69 Å². The van der Waals surface area contributed by atoms with Gasteiger partial charge in [0.15, 0.2) is 0 Å². The number of nitrogens with zero attached hydrogens (tertiary/aromatic N) is 5. The maximum atomic E-state index is 13.0. The highest BCUT2D eigenvalue weighted by Gasteiger charge is 2.26. The Labute approximate surface area is 184 Å². The topological polar surface area (TPSA) is 82.8 Å². The molecule has 2 fully saturated rings. The van der Waals surface area contributed by atoms with Crippen molar-refractivity contribution in [2.75, 3.05) is 37.6 Å². The number of anilines is 1. The Morgan fingerprint density at radius 1 is 1.10 bits per heavy atom. The Morgan fingerprint density at radius 3 is 2.71 bits per heavy atom. The van der Waals surface area contributed by atoms with Gasteiger partial charge >= 0.3 is 0 Å². The van der Waals surface area contributed by atoms with Crippen molar-refractivity contribution in [1.82, 2.24) is 19.9 Å². The molecule has 0 saturated carbocycles. The van der Waals surface area contributed by atoms with Crippen LogP contribution in [0.15, 0.2) is 46.3 Å². The minimum absolute atomic E-state index is 0.00548. The van der Waals surface area contributed by atoms with Gasteiger partial charge in [-0.15, -0.1) is 11.3 Å². The summed E-state index contributed by atoms with van der Waals surface area (Å²) in [5.74, 6) is 1.34. The fourth-order valence-electron chi connectivity index (χ4n) is 4.04. The summed E-state index contributed by atoms with van der Waals surface area (Å²) in [6.07, 6.45) is 1.45. The number of hydrogen-bond acceptors (Lipinski definition) is 7. The monoisotopic (exact) mass is 437 g/mol. The van der Waals surface area contributed by atoms with Gasteiger partial charge in [0.05, 0.1) is 11.4 Å². The smallest absolute Gasteiger partial charge is 0.254 e. The minimum Gasteiger partial charge on any atom is -0.338 e. The van der Waals surface area contributed by atoms with Crippen molar-refractivity contribution < 1.29 is 14.1 Å². The second-order valence-electron chi connectivity index (χ2n) is 7.76. The quantitative estimate of drug-likeness (QED) is 0.610. The second kappa shape index (κ2) is 8.60. The Kier molecular flexibility index (Phi) is 5.52. The number of hydrogen-bond donors (Lipinski definition) is 0. The number of aromatic nitrogens is 2. The standard InChI is InChI=1S/C22H23N5O3S/c28-20-7-2-8-27(20)17-5-1-4-16(14-17)22(29)26-11-9-25(10-12-26)15-19-23-21(24-30-19)18-6-3-13-31-18/h1,3-6,13-14H,2,7-12,15H2. The molecule has 2 aromatic heterocycles. The minimum atomic E-state index is 0.00548. The first-order valence-corrected chi connectivity index (χ1v) is 11.3. The number of benzene rings is 1. The summed E-state index contributed by atoms with van der Waals surface area (Å²) >= 11 is 1.58. The molecule has 2 amide bonds. The third kappa shape index (κ3) is 4.24. The molecule has 2 saturated heterocycles. The molecule has 0 atom stereocenters. The summed E-state index contributed by atoms with van der Waals surface area (Å²) in [6.45, 7) is 4.06. The Bertz CT molecular complexity index is 1070. The van der Waals surface area contributed by atoms with Gasteiger partial charge in [-0.25, -0.2) is 0 Å². The zero-order valence-electron chi connectivity index (χ0n) is 17.1. The van der Waals surface area contributed by atoms with Gasteiger partial charge in [0.2, 0.25) is 17.6 Å². The van der Waals surface area contributed by atoms with Gasteiger partial charge in [0, 0.05) is 50.4 Å². The van der Waals surface area contributed by atoms with E-state index in [4.69, 9.17) is 4.52 Å². The molecule has 1 aromatic carbocycles. The molecule has 0 aliphatic carbocycles. The number of carbonyl (C=O) groups excluding carboxylic acids is 2. The fourth-order valence-corrected chi connectivity index (χ4v) is 4.69. The van der Waals surface area contributed by atoms with E-state index in [1.807, 2.05) is 46.7 Å². The summed E-state index contributed by atoms with van der Waals surface area (Å²) in [4.78, 5) is 36.4. The van der Waals surface area contributed by atoms with Crippen LogP contribution in [0.25, 0.3) is 10.7 Å². The molecule has 2 aliphatic heterocycles. The summed E-state index contributed by atoms with van der Waals surface area (Å²) in [6, 6.07) is 11.3. The molecule has 9 heteroatoms. The van der Waals surface area contributed by atoms with Crippen LogP contribution in [0.5, 0.6) is 0 Å². The SMILES string of the molecule is O=C(c1cccc(N2CCCC2=O)c1)N1CCN(Cc2nc(-c3cccs3)no2)CC1. The van der Waals surface area contributed by atoms with E-state index in [2.05, 4.69) is 15.0 Å². The molecule has 2 aliphatic rings. The summed E-state index contributed by atoms with van der Waals surface area (Å²) in [5, 5.41) is 6.04. The second-order valence-corrected chi connectivity index (χ2v) is 8.70. The molecule has 4 heterocycles. The van der Waals surface area contributed by atoms with E-state index in [0.29, 0.717) is 43.3 Å². The zero-order valence-corrected chi connectivity index (χ0v) is 17.9. The molecular weight excluding hydrogens is 414 g/mol. The van der Waals surface area contributed by atoms with Gasteiger partial charge in [0.1, 0.15) is 0 Å². The van der Waals surface area contributed by atoms with E-state index in [1.54, 1.807) is 16.2 Å². The van der Waals surface area contributed by atoms with Crippen LogP contribution < -0.4 is 4.90 Å². The number of amides is 2. The molecule has 0 unspecified atom stereocenters. The lowest BCUT2D eigenvalue weighted by molar-refractivity contribution is -0.117. The van der Waals surface area contributed by atoms with E-state index in [9.17, 15) is 9.59 Å². The predicted molar refractivity (Wildman–Crippen MR) is 117 cm³/mol. The van der Waals surface area contributed by atoms with Gasteiger partial charge in [0.25, 0.3) is 5.91 Å². The molecule has 3 aromatic rings. The highest BCUT2D eigenvalue weighted by atomic mass is 32.1. The lowest BCUT2D eigenvalue weighted by Gasteiger charge is -2.34. The van der Waals surface area contributed by atoms with Crippen LogP contribution in [-0.4, -0.2) is 64.5 Å². The van der Waals surface area contributed by atoms with Gasteiger partial charge in [-0.1, -0.05) is 17.3 Å². The highest BCUT2D eigenvalue weighted by Crippen LogP contribution is 2.24. The molecule has 5 rings (SSSR count). The van der Waals surface area contributed by atoms with Crippen molar-refractivity contribution in [3.8, 4) is 10.7 Å². The van der Waals surface area contributed by atoms with Gasteiger partial charge in [-0.05, 0) is 36.1 Å².